The summed E-state index contributed by atoms with van der Waals surface area (Å²) in [4.78, 5) is 86.8. The molecule has 6 unspecified atom stereocenters. The molecule has 1 N–H and O–H groups in total. The van der Waals surface area contributed by atoms with E-state index < -0.39 is 47.3 Å². The van der Waals surface area contributed by atoms with Crippen LogP contribution in [0.4, 0.5) is 11.4 Å². The van der Waals surface area contributed by atoms with Gasteiger partial charge in [0.15, 0.2) is 11.6 Å². The lowest BCUT2D eigenvalue weighted by Gasteiger charge is -2.45. The fourth-order valence-corrected chi connectivity index (χ4v) is 9.96. The van der Waals surface area contributed by atoms with Gasteiger partial charge in [-0.3, -0.25) is 38.6 Å². The van der Waals surface area contributed by atoms with Crippen LogP contribution in [0.1, 0.15) is 50.2 Å². The van der Waals surface area contributed by atoms with Gasteiger partial charge in [0.25, 0.3) is 0 Å². The van der Waals surface area contributed by atoms with Crippen molar-refractivity contribution in [2.45, 2.75) is 19.3 Å². The lowest BCUT2D eigenvalue weighted by Crippen LogP contribution is -2.45. The van der Waals surface area contributed by atoms with Gasteiger partial charge in [-0.1, -0.05) is 72.3 Å². The summed E-state index contributed by atoms with van der Waals surface area (Å²) in [5.74, 6) is -5.51. The molecular formula is C49H36N2O8. The molecule has 4 amide bonds. The molecule has 10 nitrogen and oxygen atoms in total. The monoisotopic (exact) mass is 780 g/mol. The molecule has 0 radical (unpaired) electrons. The number of hydrogen-bond acceptors (Lipinski definition) is 8. The maximum absolute atomic E-state index is 14.7. The fourth-order valence-electron chi connectivity index (χ4n) is 9.96. The van der Waals surface area contributed by atoms with Crippen molar-refractivity contribution >= 4 is 46.6 Å². The molecule has 2 aliphatic carbocycles. The number of phenolic OH excluding ortho intramolecular Hbond substituents is 1. The van der Waals surface area contributed by atoms with Gasteiger partial charge in [0.2, 0.25) is 23.6 Å². The molecule has 0 bridgehead atoms. The van der Waals surface area contributed by atoms with Gasteiger partial charge in [-0.05, 0) is 91.1 Å². The van der Waals surface area contributed by atoms with Crippen LogP contribution in [0, 0.1) is 35.5 Å². The van der Waals surface area contributed by atoms with E-state index in [1.807, 2.05) is 18.2 Å². The average Bonchev–Trinajstić information content (AvgIpc) is 3.68. The molecule has 5 aliphatic rings. The van der Waals surface area contributed by atoms with Crippen LogP contribution in [0.2, 0.25) is 0 Å². The van der Waals surface area contributed by atoms with E-state index in [-0.39, 0.29) is 42.0 Å². The SMILES string of the molecule is O=C(c1ccccc1)c1ccc(N2C(=O)C3CC=C4C(CC5C(=O)N(c6ccc(C(=O)c7ccccc7)cc6)C(=O)C5C4C4=COc5ccc(O)cc5C4)C3C2=O)cc1. The van der Waals surface area contributed by atoms with E-state index in [2.05, 4.69) is 0 Å². The summed E-state index contributed by atoms with van der Waals surface area (Å²) < 4.78 is 6.08. The fraction of sp³-hybridized carbons (Fsp3) is 0.184. The lowest BCUT2D eigenvalue weighted by molar-refractivity contribution is -0.126. The van der Waals surface area contributed by atoms with Gasteiger partial charge in [0.05, 0.1) is 41.3 Å². The Hall–Kier alpha value is -7.20. The van der Waals surface area contributed by atoms with Crippen LogP contribution in [-0.2, 0) is 25.6 Å². The molecule has 0 spiro atoms. The van der Waals surface area contributed by atoms with Crippen LogP contribution >= 0.6 is 0 Å². The highest BCUT2D eigenvalue weighted by Crippen LogP contribution is 2.58. The van der Waals surface area contributed by atoms with E-state index in [1.54, 1.807) is 115 Å². The van der Waals surface area contributed by atoms with Crippen LogP contribution in [-0.4, -0.2) is 40.3 Å². The zero-order valence-corrected chi connectivity index (χ0v) is 31.6. The van der Waals surface area contributed by atoms with Crippen molar-refractivity contribution in [3.63, 3.8) is 0 Å². The van der Waals surface area contributed by atoms with Crippen LogP contribution in [0.3, 0.4) is 0 Å². The molecule has 290 valence electrons. The quantitative estimate of drug-likeness (QED) is 0.104. The largest absolute Gasteiger partial charge is 0.508 e. The van der Waals surface area contributed by atoms with Crippen LogP contribution in [0.15, 0.2) is 151 Å². The first-order valence-electron chi connectivity index (χ1n) is 19.7. The number of allylic oxidation sites excluding steroid dienone is 3. The number of anilines is 2. The first kappa shape index (κ1) is 36.2. The van der Waals surface area contributed by atoms with Gasteiger partial charge in [-0.15, -0.1) is 0 Å². The summed E-state index contributed by atoms with van der Waals surface area (Å²) in [5.41, 5.74) is 4.84. The number of phenols is 1. The van der Waals surface area contributed by atoms with Crippen LogP contribution in [0.5, 0.6) is 11.5 Å². The summed E-state index contributed by atoms with van der Waals surface area (Å²) in [6.07, 6.45) is 4.38. The number of ketones is 2. The van der Waals surface area contributed by atoms with Crippen molar-refractivity contribution in [1.29, 1.82) is 0 Å². The number of amides is 4. The Morgan fingerprint density at radius 2 is 1.10 bits per heavy atom. The molecule has 5 aromatic rings. The third kappa shape index (κ3) is 5.85. The number of aromatic hydroxyl groups is 1. The van der Waals surface area contributed by atoms with Crippen LogP contribution in [0.25, 0.3) is 0 Å². The Bertz CT molecular complexity index is 2670. The number of fused-ring (bicyclic) bond motifs is 5. The molecule has 10 rings (SSSR count). The summed E-state index contributed by atoms with van der Waals surface area (Å²) in [6, 6.07) is 35.4. The van der Waals surface area contributed by atoms with E-state index in [0.717, 1.165) is 16.7 Å². The highest BCUT2D eigenvalue weighted by atomic mass is 16.5. The molecule has 1 saturated carbocycles. The lowest BCUT2D eigenvalue weighted by atomic mass is 9.56. The van der Waals surface area contributed by atoms with Crippen molar-refractivity contribution in [1.82, 2.24) is 0 Å². The molecule has 3 fully saturated rings. The van der Waals surface area contributed by atoms with Crippen molar-refractivity contribution < 1.29 is 38.6 Å². The second-order valence-electron chi connectivity index (χ2n) is 15.8. The minimum atomic E-state index is -0.820. The third-order valence-electron chi connectivity index (χ3n) is 12.7. The molecule has 5 aromatic carbocycles. The maximum atomic E-state index is 14.7. The van der Waals surface area contributed by atoms with E-state index in [1.165, 1.54) is 15.9 Å². The van der Waals surface area contributed by atoms with E-state index in [4.69, 9.17) is 4.74 Å². The standard InChI is InChI=1S/C49H36N2O8/c52-35-19-22-40-31(24-35)23-32(26-59-40)41-36-20-21-37-42(48(57)50(46(37)55)33-15-11-29(12-16-33)44(53)27-7-3-1-4-8-27)38(36)25-39-43(41)49(58)51(47(39)56)34-17-13-30(14-18-34)45(54)28-9-5-2-6-10-28/h1-20,22,24,26,37-39,41-43,52H,21,23,25H2. The zero-order valence-electron chi connectivity index (χ0n) is 31.6. The molecule has 10 heteroatoms. The second-order valence-corrected chi connectivity index (χ2v) is 15.8. The third-order valence-corrected chi connectivity index (χ3v) is 12.7. The first-order valence-corrected chi connectivity index (χ1v) is 19.7. The van der Waals surface area contributed by atoms with Gasteiger partial charge < -0.3 is 9.84 Å². The Balaban J connectivity index is 0.988. The number of ether oxygens (including phenoxy) is 1. The maximum Gasteiger partial charge on any atom is 0.238 e. The zero-order chi connectivity index (χ0) is 40.5. The van der Waals surface area contributed by atoms with Crippen molar-refractivity contribution in [2.24, 2.45) is 35.5 Å². The summed E-state index contributed by atoms with van der Waals surface area (Å²) in [5, 5.41) is 10.3. The van der Waals surface area contributed by atoms with E-state index in [0.29, 0.717) is 45.8 Å². The number of hydrogen-bond donors (Lipinski definition) is 1. The molecule has 3 aliphatic heterocycles. The second kappa shape index (κ2) is 14.0. The Morgan fingerprint density at radius 3 is 1.68 bits per heavy atom. The van der Waals surface area contributed by atoms with Crippen LogP contribution < -0.4 is 14.5 Å². The Labute approximate surface area is 339 Å². The van der Waals surface area contributed by atoms with Crippen molar-refractivity contribution in [2.75, 3.05) is 9.80 Å². The van der Waals surface area contributed by atoms with Gasteiger partial charge in [0.1, 0.15) is 11.5 Å². The Kier molecular flexibility index (Phi) is 8.59. The summed E-state index contributed by atoms with van der Waals surface area (Å²) in [6.45, 7) is 0. The smallest absolute Gasteiger partial charge is 0.238 e. The normalized spacial score (nSPS) is 24.3. The number of carbonyl (C=O) groups is 6. The van der Waals surface area contributed by atoms with Crippen molar-refractivity contribution in [3.8, 4) is 11.5 Å². The minimum absolute atomic E-state index is 0.0628. The first-order chi connectivity index (χ1) is 28.7. The highest BCUT2D eigenvalue weighted by molar-refractivity contribution is 6.24. The molecule has 3 heterocycles. The number of imide groups is 2. The minimum Gasteiger partial charge on any atom is -0.508 e. The van der Waals surface area contributed by atoms with Gasteiger partial charge >= 0.3 is 0 Å². The number of carbonyl (C=O) groups excluding carboxylic acids is 6. The molecule has 6 atom stereocenters. The van der Waals surface area contributed by atoms with E-state index in [9.17, 15) is 33.9 Å². The molecule has 0 aromatic heterocycles. The highest BCUT2D eigenvalue weighted by Gasteiger charge is 2.62. The predicted octanol–water partition coefficient (Wildman–Crippen LogP) is 7.25. The molecule has 2 saturated heterocycles. The summed E-state index contributed by atoms with van der Waals surface area (Å²) >= 11 is 0. The van der Waals surface area contributed by atoms with Gasteiger partial charge in [0, 0.05) is 40.2 Å². The molecular weight excluding hydrogens is 745 g/mol. The summed E-state index contributed by atoms with van der Waals surface area (Å²) in [7, 11) is 0. The predicted molar refractivity (Wildman–Crippen MR) is 216 cm³/mol. The number of nitrogens with zero attached hydrogens (tertiary/aromatic N) is 2. The van der Waals surface area contributed by atoms with E-state index >= 15 is 0 Å². The van der Waals surface area contributed by atoms with Crippen molar-refractivity contribution in [3.05, 3.63) is 179 Å². The number of benzene rings is 5. The van der Waals surface area contributed by atoms with Gasteiger partial charge in [-0.2, -0.15) is 0 Å². The van der Waals surface area contributed by atoms with Gasteiger partial charge in [-0.25, -0.2) is 0 Å². The Morgan fingerprint density at radius 1 is 0.576 bits per heavy atom. The number of rotatable bonds is 7. The average molecular weight is 781 g/mol. The topological polar surface area (TPSA) is 138 Å². The molecule has 59 heavy (non-hydrogen) atoms.